The second kappa shape index (κ2) is 20.7. The third-order valence-corrected chi connectivity index (χ3v) is 5.63. The molecule has 4 unspecified atom stereocenters. The van der Waals surface area contributed by atoms with E-state index >= 15 is 0 Å². The van der Waals surface area contributed by atoms with Crippen LogP contribution < -0.4 is 9.79 Å². The zero-order valence-electron chi connectivity index (χ0n) is 15.2. The molecule has 0 aromatic carbocycles. The zero-order chi connectivity index (χ0) is 17.4. The Kier molecular flexibility index (Phi) is 25.6. The van der Waals surface area contributed by atoms with Crippen LogP contribution in [-0.4, -0.2) is 11.3 Å². The first-order valence-corrected chi connectivity index (χ1v) is 11.1. The summed E-state index contributed by atoms with van der Waals surface area (Å²) in [6.07, 6.45) is 11.0. The van der Waals surface area contributed by atoms with Gasteiger partial charge in [0.05, 0.1) is 0 Å². The molecule has 0 aliphatic heterocycles. The predicted molar refractivity (Wildman–Crippen MR) is 91.7 cm³/mol. The maximum atomic E-state index is 10.4. The summed E-state index contributed by atoms with van der Waals surface area (Å²) in [5.74, 6) is 0. The minimum absolute atomic E-state index is 0. The SMILES string of the molecule is CCCCCCC(C)[P+](=O)[O-].CCCCCCC(C)[P+](=O)[O-].[Cr+2]. The van der Waals surface area contributed by atoms with E-state index < -0.39 is 16.1 Å². The first kappa shape index (κ1) is 28.5. The summed E-state index contributed by atoms with van der Waals surface area (Å²) in [6, 6.07) is 0. The maximum Gasteiger partial charge on any atom is 2.00 e. The fourth-order valence-electron chi connectivity index (χ4n) is 1.94. The van der Waals surface area contributed by atoms with E-state index in [1.54, 1.807) is 13.8 Å². The van der Waals surface area contributed by atoms with Gasteiger partial charge in [0.2, 0.25) is 0 Å². The van der Waals surface area contributed by atoms with Crippen LogP contribution in [-0.2, 0) is 26.5 Å². The van der Waals surface area contributed by atoms with E-state index in [4.69, 9.17) is 0 Å². The molecule has 0 amide bonds. The molecule has 0 heterocycles. The molecular formula is C16H34CrO4P2+2. The van der Waals surface area contributed by atoms with Crippen molar-refractivity contribution in [3.63, 3.8) is 0 Å². The van der Waals surface area contributed by atoms with Crippen LogP contribution in [0.25, 0.3) is 0 Å². The Morgan fingerprint density at radius 1 is 0.696 bits per heavy atom. The van der Waals surface area contributed by atoms with E-state index in [0.717, 1.165) is 25.7 Å². The van der Waals surface area contributed by atoms with Gasteiger partial charge in [-0.25, -0.2) is 0 Å². The molecule has 0 aromatic rings. The largest absolute Gasteiger partial charge is 2.00 e. The summed E-state index contributed by atoms with van der Waals surface area (Å²) in [4.78, 5) is 20.8. The standard InChI is InChI=1S/2C8H17O2P.Cr/c2*1-3-4-5-6-7-8(2)11(9)10;/h2*8H,3-7H2,1-2H3;/q;;+2. The third kappa shape index (κ3) is 22.7. The van der Waals surface area contributed by atoms with Gasteiger partial charge in [-0.1, -0.05) is 61.5 Å². The Hall–Kier alpha value is 0.652. The van der Waals surface area contributed by atoms with Crippen LogP contribution in [0.2, 0.25) is 0 Å². The fraction of sp³-hybridized carbons (Fsp3) is 1.00. The van der Waals surface area contributed by atoms with Crippen molar-refractivity contribution >= 4 is 16.1 Å². The Morgan fingerprint density at radius 2 is 1.00 bits per heavy atom. The third-order valence-electron chi connectivity index (χ3n) is 3.67. The van der Waals surface area contributed by atoms with Gasteiger partial charge >= 0.3 is 33.4 Å². The van der Waals surface area contributed by atoms with Crippen molar-refractivity contribution in [2.24, 2.45) is 0 Å². The summed E-state index contributed by atoms with van der Waals surface area (Å²) < 4.78 is 20.8. The van der Waals surface area contributed by atoms with E-state index in [2.05, 4.69) is 13.8 Å². The van der Waals surface area contributed by atoms with Crippen molar-refractivity contribution < 1.29 is 36.3 Å². The summed E-state index contributed by atoms with van der Waals surface area (Å²) in [5.41, 5.74) is -0.247. The van der Waals surface area contributed by atoms with Gasteiger partial charge in [-0.2, -0.15) is 0 Å². The quantitative estimate of drug-likeness (QED) is 0.342. The molecular weight excluding hydrogens is 370 g/mol. The first-order chi connectivity index (χ1) is 10.4. The molecule has 0 radical (unpaired) electrons. The van der Waals surface area contributed by atoms with E-state index in [-0.39, 0.29) is 28.7 Å². The summed E-state index contributed by atoms with van der Waals surface area (Å²) in [5, 5.41) is 0. The van der Waals surface area contributed by atoms with Gasteiger partial charge in [-0.3, -0.25) is 0 Å². The molecule has 0 saturated carbocycles. The summed E-state index contributed by atoms with van der Waals surface area (Å²) >= 11 is 0. The van der Waals surface area contributed by atoms with Crippen molar-refractivity contribution in [1.82, 2.24) is 0 Å². The second-order valence-electron chi connectivity index (χ2n) is 5.97. The Labute approximate surface area is 155 Å². The molecule has 0 aliphatic rings. The fourth-order valence-corrected chi connectivity index (χ4v) is 2.73. The molecule has 0 aliphatic carbocycles. The molecule has 23 heavy (non-hydrogen) atoms. The summed E-state index contributed by atoms with van der Waals surface area (Å²) in [7, 11) is -4.37. The van der Waals surface area contributed by atoms with E-state index in [1.165, 1.54) is 38.5 Å². The normalized spacial score (nSPS) is 14.0. The van der Waals surface area contributed by atoms with Gasteiger partial charge in [-0.05, 0) is 39.5 Å². The van der Waals surface area contributed by atoms with Gasteiger partial charge in [0.15, 0.2) is 0 Å². The van der Waals surface area contributed by atoms with E-state index in [1.807, 2.05) is 0 Å². The van der Waals surface area contributed by atoms with Crippen LogP contribution in [0.5, 0.6) is 0 Å². The maximum absolute atomic E-state index is 10.4. The minimum Gasteiger partial charge on any atom is -0.595 e. The number of hydrogen-bond donors (Lipinski definition) is 0. The van der Waals surface area contributed by atoms with Crippen molar-refractivity contribution in [2.75, 3.05) is 0 Å². The van der Waals surface area contributed by atoms with Crippen LogP contribution in [0.15, 0.2) is 0 Å². The van der Waals surface area contributed by atoms with Gasteiger partial charge in [0, 0.05) is 0 Å². The molecule has 4 nitrogen and oxygen atoms in total. The molecule has 136 valence electrons. The van der Waals surface area contributed by atoms with Gasteiger partial charge < -0.3 is 9.79 Å². The molecule has 0 fully saturated rings. The zero-order valence-corrected chi connectivity index (χ0v) is 18.2. The molecule has 0 spiro atoms. The van der Waals surface area contributed by atoms with E-state index in [9.17, 15) is 18.9 Å². The molecule has 0 rings (SSSR count). The van der Waals surface area contributed by atoms with Crippen molar-refractivity contribution in [2.45, 2.75) is 103 Å². The monoisotopic (exact) mass is 404 g/mol. The molecule has 0 bridgehead atoms. The van der Waals surface area contributed by atoms with Crippen molar-refractivity contribution in [3.8, 4) is 0 Å². The van der Waals surface area contributed by atoms with Crippen LogP contribution in [0.3, 0.4) is 0 Å². The molecule has 0 aromatic heterocycles. The van der Waals surface area contributed by atoms with Crippen molar-refractivity contribution in [1.29, 1.82) is 0 Å². The molecule has 0 N–H and O–H groups in total. The predicted octanol–water partition coefficient (Wildman–Crippen LogP) is 4.89. The van der Waals surface area contributed by atoms with Gasteiger partial charge in [-0.15, -0.1) is 0 Å². The Bertz CT molecular complexity index is 263. The van der Waals surface area contributed by atoms with Gasteiger partial charge in [0.25, 0.3) is 0 Å². The van der Waals surface area contributed by atoms with Crippen LogP contribution in [0, 0.1) is 0 Å². The average Bonchev–Trinajstić information content (AvgIpc) is 2.48. The van der Waals surface area contributed by atoms with Crippen LogP contribution in [0.4, 0.5) is 0 Å². The second-order valence-corrected chi connectivity index (χ2v) is 8.87. The minimum atomic E-state index is -2.18. The van der Waals surface area contributed by atoms with Crippen molar-refractivity contribution in [3.05, 3.63) is 0 Å². The Morgan fingerprint density at radius 3 is 1.22 bits per heavy atom. The molecule has 0 saturated heterocycles. The van der Waals surface area contributed by atoms with Gasteiger partial charge in [0.1, 0.15) is 11.3 Å². The van der Waals surface area contributed by atoms with Crippen LogP contribution in [0.1, 0.15) is 91.9 Å². The smallest absolute Gasteiger partial charge is 0.595 e. The number of unbranched alkanes of at least 4 members (excludes halogenated alkanes) is 6. The molecule has 7 heteroatoms. The Balaban J connectivity index is -0.000000333. The average molecular weight is 404 g/mol. The number of rotatable bonds is 12. The van der Waals surface area contributed by atoms with E-state index in [0.29, 0.717) is 0 Å². The van der Waals surface area contributed by atoms with Crippen LogP contribution >= 0.6 is 16.1 Å². The topological polar surface area (TPSA) is 80.3 Å². The number of hydrogen-bond acceptors (Lipinski definition) is 4. The first-order valence-electron chi connectivity index (χ1n) is 8.63. The summed E-state index contributed by atoms with van der Waals surface area (Å²) in [6.45, 7) is 7.85. The molecule has 4 atom stereocenters.